The van der Waals surface area contributed by atoms with Crippen molar-refractivity contribution < 1.29 is 37.0 Å². The van der Waals surface area contributed by atoms with Gasteiger partial charge in [0.2, 0.25) is 6.29 Å². The smallest absolute Gasteiger partial charge is 0.423 e. The van der Waals surface area contributed by atoms with Crippen LogP contribution in [-0.2, 0) is 33.5 Å². The number of hydrogen-bond donors (Lipinski definition) is 0. The van der Waals surface area contributed by atoms with Crippen molar-refractivity contribution in [1.29, 1.82) is 0 Å². The molecule has 0 N–H and O–H groups in total. The molecule has 2 amide bonds. The Balaban J connectivity index is 1.46. The number of aromatic nitrogens is 4. The van der Waals surface area contributed by atoms with Gasteiger partial charge in [-0.3, -0.25) is 14.4 Å². The molecule has 11 nitrogen and oxygen atoms in total. The van der Waals surface area contributed by atoms with Gasteiger partial charge < -0.3 is 14.4 Å². The summed E-state index contributed by atoms with van der Waals surface area (Å²) in [4.78, 5) is 47.5. The molecule has 0 bridgehead atoms. The number of amides is 2. The highest BCUT2D eigenvalue weighted by Gasteiger charge is 2.37. The normalized spacial score (nSPS) is 16.4. The standard InChI is InChI=1S/C31H37F3N6O5/c1-4-14-37-19-25-27(39(5-2)29(37)42)36-26(40(25)30(43)45-20(3)44-28(41)22-11-7-6-8-12-22)23-16-35-38(18-23)17-21-10-9-13-24(15-21)31(32,33)34/h9-10,13,15-16,18,20,22H,4-8,11-12,14,17,19H2,1-3H3. The van der Waals surface area contributed by atoms with Crippen molar-refractivity contribution in [3.05, 3.63) is 53.5 Å². The number of esters is 1. The van der Waals surface area contributed by atoms with E-state index in [1.54, 1.807) is 24.1 Å². The van der Waals surface area contributed by atoms with Gasteiger partial charge in [-0.1, -0.05) is 38.3 Å². The van der Waals surface area contributed by atoms with Crippen molar-refractivity contribution in [2.75, 3.05) is 18.0 Å². The molecule has 0 saturated heterocycles. The van der Waals surface area contributed by atoms with Crippen molar-refractivity contribution >= 4 is 23.9 Å². The predicted molar refractivity (Wildman–Crippen MR) is 157 cm³/mol. The monoisotopic (exact) mass is 630 g/mol. The van der Waals surface area contributed by atoms with Gasteiger partial charge in [0, 0.05) is 26.2 Å². The van der Waals surface area contributed by atoms with Gasteiger partial charge in [0.15, 0.2) is 11.6 Å². The third kappa shape index (κ3) is 6.99. The highest BCUT2D eigenvalue weighted by molar-refractivity contribution is 5.95. The minimum Gasteiger partial charge on any atom is -0.425 e. The Morgan fingerprint density at radius 1 is 1.11 bits per heavy atom. The summed E-state index contributed by atoms with van der Waals surface area (Å²) in [6.07, 6.45) is 1.62. The minimum absolute atomic E-state index is 0.0345. The first-order chi connectivity index (χ1) is 21.5. The van der Waals surface area contributed by atoms with Crippen LogP contribution in [0.4, 0.5) is 28.6 Å². The number of benzene rings is 1. The maximum Gasteiger partial charge on any atom is 0.423 e. The number of nitrogens with zero attached hydrogens (tertiary/aromatic N) is 6. The van der Waals surface area contributed by atoms with Gasteiger partial charge in [0.1, 0.15) is 0 Å². The molecule has 3 aromatic rings. The molecular formula is C31H37F3N6O5. The summed E-state index contributed by atoms with van der Waals surface area (Å²) in [6, 6.07) is 4.71. The molecule has 242 valence electrons. The average Bonchev–Trinajstić information content (AvgIpc) is 3.62. The molecule has 1 aliphatic heterocycles. The zero-order valence-electron chi connectivity index (χ0n) is 25.5. The summed E-state index contributed by atoms with van der Waals surface area (Å²) >= 11 is 0. The Morgan fingerprint density at radius 3 is 2.56 bits per heavy atom. The third-order valence-electron chi connectivity index (χ3n) is 8.02. The lowest BCUT2D eigenvalue weighted by Gasteiger charge is -2.34. The van der Waals surface area contributed by atoms with Crippen LogP contribution in [0.15, 0.2) is 36.7 Å². The van der Waals surface area contributed by atoms with Crippen LogP contribution in [0.25, 0.3) is 11.4 Å². The minimum atomic E-state index is -4.48. The van der Waals surface area contributed by atoms with Gasteiger partial charge in [-0.05, 0) is 43.9 Å². The number of anilines is 1. The fraction of sp³-hybridized carbons (Fsp3) is 0.516. The lowest BCUT2D eigenvalue weighted by molar-refractivity contribution is -0.171. The van der Waals surface area contributed by atoms with E-state index in [0.717, 1.165) is 44.2 Å². The summed E-state index contributed by atoms with van der Waals surface area (Å²) in [5.74, 6) is -0.212. The summed E-state index contributed by atoms with van der Waals surface area (Å²) in [5.41, 5.74) is 0.415. The van der Waals surface area contributed by atoms with E-state index in [0.29, 0.717) is 42.1 Å². The molecule has 2 aromatic heterocycles. The number of carbonyl (C=O) groups is 3. The van der Waals surface area contributed by atoms with Gasteiger partial charge in [-0.25, -0.2) is 19.1 Å². The topological polar surface area (TPSA) is 112 Å². The Kier molecular flexibility index (Phi) is 9.49. The van der Waals surface area contributed by atoms with Crippen molar-refractivity contribution in [2.45, 2.75) is 84.9 Å². The third-order valence-corrected chi connectivity index (χ3v) is 8.02. The molecule has 3 heterocycles. The van der Waals surface area contributed by atoms with E-state index < -0.39 is 30.1 Å². The number of imidazole rings is 1. The number of halogens is 3. The second kappa shape index (κ2) is 13.3. The number of urea groups is 1. The fourth-order valence-electron chi connectivity index (χ4n) is 5.85. The number of fused-ring (bicyclic) bond motifs is 1. The van der Waals surface area contributed by atoms with E-state index in [2.05, 4.69) is 10.1 Å². The Labute approximate surface area is 258 Å². The van der Waals surface area contributed by atoms with Gasteiger partial charge in [-0.2, -0.15) is 18.3 Å². The number of rotatable bonds is 9. The Bertz CT molecular complexity index is 1540. The Hall–Kier alpha value is -4.36. The molecule has 1 aromatic carbocycles. The van der Waals surface area contributed by atoms with Gasteiger partial charge in [-0.15, -0.1) is 0 Å². The van der Waals surface area contributed by atoms with E-state index >= 15 is 0 Å². The molecule has 5 rings (SSSR count). The maximum absolute atomic E-state index is 13.8. The largest absolute Gasteiger partial charge is 0.425 e. The first kappa shape index (κ1) is 32.0. The molecule has 1 fully saturated rings. The molecular weight excluding hydrogens is 593 g/mol. The molecule has 14 heteroatoms. The van der Waals surface area contributed by atoms with Crippen LogP contribution in [0.5, 0.6) is 0 Å². The van der Waals surface area contributed by atoms with E-state index in [-0.39, 0.29) is 30.9 Å². The van der Waals surface area contributed by atoms with Gasteiger partial charge in [0.25, 0.3) is 0 Å². The summed E-state index contributed by atoms with van der Waals surface area (Å²) in [6.45, 7) is 6.09. The molecule has 1 aliphatic carbocycles. The van der Waals surface area contributed by atoms with Crippen molar-refractivity contribution in [3.63, 3.8) is 0 Å². The lowest BCUT2D eigenvalue weighted by Crippen LogP contribution is -2.48. The van der Waals surface area contributed by atoms with E-state index in [9.17, 15) is 27.6 Å². The van der Waals surface area contributed by atoms with Crippen molar-refractivity contribution in [3.8, 4) is 11.4 Å². The van der Waals surface area contributed by atoms with Crippen LogP contribution >= 0.6 is 0 Å². The molecule has 1 atom stereocenters. The Morgan fingerprint density at radius 2 is 1.87 bits per heavy atom. The van der Waals surface area contributed by atoms with Gasteiger partial charge >= 0.3 is 24.3 Å². The van der Waals surface area contributed by atoms with E-state index in [1.807, 2.05) is 6.92 Å². The molecule has 0 spiro atoms. The van der Waals surface area contributed by atoms with Crippen LogP contribution in [-0.4, -0.2) is 61.7 Å². The molecule has 1 saturated carbocycles. The first-order valence-corrected chi connectivity index (χ1v) is 15.3. The van der Waals surface area contributed by atoms with Gasteiger partial charge in [0.05, 0.1) is 42.0 Å². The van der Waals surface area contributed by atoms with Crippen molar-refractivity contribution in [1.82, 2.24) is 24.2 Å². The van der Waals surface area contributed by atoms with Crippen molar-refractivity contribution in [2.24, 2.45) is 5.92 Å². The second-order valence-corrected chi connectivity index (χ2v) is 11.3. The number of alkyl halides is 3. The maximum atomic E-state index is 13.8. The van der Waals surface area contributed by atoms with Crippen LogP contribution in [0.1, 0.15) is 76.1 Å². The van der Waals surface area contributed by atoms with E-state index in [1.165, 1.54) is 33.3 Å². The van der Waals surface area contributed by atoms with Crippen LogP contribution < -0.4 is 4.90 Å². The van der Waals surface area contributed by atoms with E-state index in [4.69, 9.17) is 9.47 Å². The fourth-order valence-corrected chi connectivity index (χ4v) is 5.85. The summed E-state index contributed by atoms with van der Waals surface area (Å²) in [5, 5.41) is 4.31. The number of carbonyl (C=O) groups excluding carboxylic acids is 3. The summed E-state index contributed by atoms with van der Waals surface area (Å²) in [7, 11) is 0. The van der Waals surface area contributed by atoms with Crippen LogP contribution in [0.3, 0.4) is 0 Å². The highest BCUT2D eigenvalue weighted by atomic mass is 19.4. The molecule has 0 radical (unpaired) electrons. The predicted octanol–water partition coefficient (Wildman–Crippen LogP) is 6.44. The summed E-state index contributed by atoms with van der Waals surface area (Å²) < 4.78 is 53.5. The molecule has 45 heavy (non-hydrogen) atoms. The zero-order chi connectivity index (χ0) is 32.3. The average molecular weight is 631 g/mol. The second-order valence-electron chi connectivity index (χ2n) is 11.3. The first-order valence-electron chi connectivity index (χ1n) is 15.3. The molecule has 2 aliphatic rings. The zero-order valence-corrected chi connectivity index (χ0v) is 25.5. The van der Waals surface area contributed by atoms with Crippen LogP contribution in [0, 0.1) is 5.92 Å². The highest BCUT2D eigenvalue weighted by Crippen LogP contribution is 2.34. The number of ether oxygens (including phenoxy) is 2. The number of hydrogen-bond acceptors (Lipinski definition) is 7. The SMILES string of the molecule is CCCN1Cc2c(nc(-c3cnn(Cc4cccc(C(F)(F)F)c4)c3)n2C(=O)OC(C)OC(=O)C2CCCCC2)N(CC)C1=O. The quantitative estimate of drug-likeness (QED) is 0.198. The van der Waals surface area contributed by atoms with Crippen LogP contribution in [0.2, 0.25) is 0 Å². The lowest BCUT2D eigenvalue weighted by atomic mass is 9.89. The molecule has 1 unspecified atom stereocenters.